The number of anilines is 1. The zero-order valence-electron chi connectivity index (χ0n) is 15.2. The van der Waals surface area contributed by atoms with Gasteiger partial charge in [0, 0.05) is 12.2 Å². The molecule has 28 heavy (non-hydrogen) atoms. The number of hydrogen-bond donors (Lipinski definition) is 1. The van der Waals surface area contributed by atoms with E-state index in [1.807, 2.05) is 23.1 Å². The standard InChI is InChI=1S/C19H19F3N2O4/c1-12(24(2)10-13-3-8-16-17(9-13)27-11-26-16)18(25)23-14-4-6-15(7-5-14)28-19(20,21)22/h3-9,12H,10-11H2,1-2H3,(H,23,25)/t12-/m1/s1. The van der Waals surface area contributed by atoms with Gasteiger partial charge >= 0.3 is 6.36 Å². The van der Waals surface area contributed by atoms with Crippen molar-refractivity contribution in [2.75, 3.05) is 19.2 Å². The number of carbonyl (C=O) groups is 1. The van der Waals surface area contributed by atoms with Gasteiger partial charge in [-0.1, -0.05) is 6.07 Å². The Kier molecular flexibility index (Phi) is 5.64. The first-order valence-electron chi connectivity index (χ1n) is 8.47. The molecule has 1 aliphatic heterocycles. The summed E-state index contributed by atoms with van der Waals surface area (Å²) in [5.74, 6) is 0.727. The van der Waals surface area contributed by atoms with E-state index in [0.717, 1.165) is 17.7 Å². The van der Waals surface area contributed by atoms with E-state index in [1.54, 1.807) is 14.0 Å². The molecule has 1 atom stereocenters. The predicted molar refractivity (Wildman–Crippen MR) is 95.2 cm³/mol. The number of benzene rings is 2. The summed E-state index contributed by atoms with van der Waals surface area (Å²) >= 11 is 0. The smallest absolute Gasteiger partial charge is 0.454 e. The highest BCUT2D eigenvalue weighted by molar-refractivity contribution is 5.94. The van der Waals surface area contributed by atoms with Crippen LogP contribution in [0.2, 0.25) is 0 Å². The molecule has 0 fully saturated rings. The third kappa shape index (κ3) is 5.07. The van der Waals surface area contributed by atoms with Gasteiger partial charge in [0.2, 0.25) is 12.7 Å². The van der Waals surface area contributed by atoms with E-state index >= 15 is 0 Å². The quantitative estimate of drug-likeness (QED) is 0.806. The number of hydrogen-bond acceptors (Lipinski definition) is 5. The first kappa shape index (κ1) is 19.8. The minimum atomic E-state index is -4.75. The largest absolute Gasteiger partial charge is 0.573 e. The van der Waals surface area contributed by atoms with Crippen molar-refractivity contribution < 1.29 is 32.2 Å². The van der Waals surface area contributed by atoms with Crippen molar-refractivity contribution in [3.8, 4) is 17.2 Å². The van der Waals surface area contributed by atoms with Crippen molar-refractivity contribution in [1.29, 1.82) is 0 Å². The molecule has 2 aromatic rings. The highest BCUT2D eigenvalue weighted by Gasteiger charge is 2.31. The Morgan fingerprint density at radius 3 is 2.54 bits per heavy atom. The zero-order valence-corrected chi connectivity index (χ0v) is 15.2. The molecule has 3 rings (SSSR count). The Morgan fingerprint density at radius 2 is 1.86 bits per heavy atom. The maximum absolute atomic E-state index is 12.4. The molecule has 9 heteroatoms. The summed E-state index contributed by atoms with van der Waals surface area (Å²) in [6.45, 7) is 2.44. The number of halogens is 3. The van der Waals surface area contributed by atoms with Crippen LogP contribution in [0.15, 0.2) is 42.5 Å². The minimum Gasteiger partial charge on any atom is -0.454 e. The fourth-order valence-corrected chi connectivity index (χ4v) is 2.65. The van der Waals surface area contributed by atoms with E-state index < -0.39 is 12.4 Å². The van der Waals surface area contributed by atoms with Crippen LogP contribution in [0.3, 0.4) is 0 Å². The summed E-state index contributed by atoms with van der Waals surface area (Å²) in [4.78, 5) is 14.3. The summed E-state index contributed by atoms with van der Waals surface area (Å²) in [6.07, 6.45) is -4.75. The zero-order chi connectivity index (χ0) is 20.3. The number of amides is 1. The Labute approximate surface area is 159 Å². The normalized spacial score (nSPS) is 14.1. The van der Waals surface area contributed by atoms with E-state index in [1.165, 1.54) is 12.1 Å². The summed E-state index contributed by atoms with van der Waals surface area (Å²) in [5, 5.41) is 2.68. The molecule has 0 saturated carbocycles. The number of rotatable bonds is 6. The van der Waals surface area contributed by atoms with E-state index in [2.05, 4.69) is 10.1 Å². The maximum Gasteiger partial charge on any atom is 0.573 e. The number of nitrogens with one attached hydrogen (secondary N) is 1. The van der Waals surface area contributed by atoms with Gasteiger partial charge in [-0.15, -0.1) is 13.2 Å². The SMILES string of the molecule is C[C@H](C(=O)Nc1ccc(OC(F)(F)F)cc1)N(C)Cc1ccc2c(c1)OCO2. The maximum atomic E-state index is 12.4. The van der Waals surface area contributed by atoms with Crippen molar-refractivity contribution >= 4 is 11.6 Å². The second kappa shape index (κ2) is 7.97. The van der Waals surface area contributed by atoms with Crippen molar-refractivity contribution in [1.82, 2.24) is 4.90 Å². The van der Waals surface area contributed by atoms with Crippen molar-refractivity contribution in [2.24, 2.45) is 0 Å². The van der Waals surface area contributed by atoms with Gasteiger partial charge in [0.15, 0.2) is 11.5 Å². The summed E-state index contributed by atoms with van der Waals surface area (Å²) in [5.41, 5.74) is 1.34. The Balaban J connectivity index is 1.56. The van der Waals surface area contributed by atoms with Crippen LogP contribution in [-0.4, -0.2) is 37.1 Å². The van der Waals surface area contributed by atoms with Gasteiger partial charge in [-0.3, -0.25) is 9.69 Å². The van der Waals surface area contributed by atoms with E-state index in [9.17, 15) is 18.0 Å². The van der Waals surface area contributed by atoms with E-state index in [4.69, 9.17) is 9.47 Å². The second-order valence-corrected chi connectivity index (χ2v) is 6.34. The lowest BCUT2D eigenvalue weighted by Gasteiger charge is -2.24. The average molecular weight is 396 g/mol. The van der Waals surface area contributed by atoms with Crippen LogP contribution in [-0.2, 0) is 11.3 Å². The molecule has 0 saturated heterocycles. The molecule has 0 radical (unpaired) electrons. The monoisotopic (exact) mass is 396 g/mol. The fourth-order valence-electron chi connectivity index (χ4n) is 2.65. The van der Waals surface area contributed by atoms with Crippen LogP contribution < -0.4 is 19.5 Å². The average Bonchev–Trinajstić information content (AvgIpc) is 3.09. The number of carbonyl (C=O) groups excluding carboxylic acids is 1. The first-order chi connectivity index (χ1) is 13.2. The van der Waals surface area contributed by atoms with Crippen LogP contribution in [0.5, 0.6) is 17.2 Å². The molecule has 0 aromatic heterocycles. The summed E-state index contributed by atoms with van der Waals surface area (Å²) < 4.78 is 51.0. The summed E-state index contributed by atoms with van der Waals surface area (Å²) in [7, 11) is 1.80. The lowest BCUT2D eigenvalue weighted by atomic mass is 10.1. The molecule has 1 amide bonds. The number of nitrogens with zero attached hydrogens (tertiary/aromatic N) is 1. The Morgan fingerprint density at radius 1 is 1.18 bits per heavy atom. The topological polar surface area (TPSA) is 60.0 Å². The molecule has 0 spiro atoms. The van der Waals surface area contributed by atoms with Crippen molar-refractivity contribution in [3.63, 3.8) is 0 Å². The van der Waals surface area contributed by atoms with Gasteiger partial charge in [0.25, 0.3) is 0 Å². The van der Waals surface area contributed by atoms with Crippen molar-refractivity contribution in [2.45, 2.75) is 25.9 Å². The van der Waals surface area contributed by atoms with Crippen molar-refractivity contribution in [3.05, 3.63) is 48.0 Å². The molecule has 0 bridgehead atoms. The molecule has 0 aliphatic carbocycles. The number of fused-ring (bicyclic) bond motifs is 1. The van der Waals surface area contributed by atoms with Crippen LogP contribution in [0.25, 0.3) is 0 Å². The Hall–Kier alpha value is -2.94. The van der Waals surface area contributed by atoms with Gasteiger partial charge in [-0.25, -0.2) is 0 Å². The molecule has 2 aromatic carbocycles. The predicted octanol–water partition coefficient (Wildman–Crippen LogP) is 3.77. The number of ether oxygens (including phenoxy) is 3. The van der Waals surface area contributed by atoms with Gasteiger partial charge in [-0.05, 0) is 55.9 Å². The van der Waals surface area contributed by atoms with Crippen LogP contribution >= 0.6 is 0 Å². The molecular formula is C19H19F3N2O4. The van der Waals surface area contributed by atoms with Gasteiger partial charge in [0.1, 0.15) is 5.75 Å². The molecule has 1 heterocycles. The second-order valence-electron chi connectivity index (χ2n) is 6.34. The third-order valence-electron chi connectivity index (χ3n) is 4.26. The number of likely N-dealkylation sites (N-methyl/N-ethyl adjacent to an activating group) is 1. The van der Waals surface area contributed by atoms with E-state index in [-0.39, 0.29) is 18.4 Å². The molecular weight excluding hydrogens is 377 g/mol. The van der Waals surface area contributed by atoms with Crippen LogP contribution in [0, 0.1) is 0 Å². The number of alkyl halides is 3. The molecule has 150 valence electrons. The van der Waals surface area contributed by atoms with Gasteiger partial charge in [-0.2, -0.15) is 0 Å². The van der Waals surface area contributed by atoms with Gasteiger partial charge < -0.3 is 19.5 Å². The highest BCUT2D eigenvalue weighted by Crippen LogP contribution is 2.32. The van der Waals surface area contributed by atoms with Crippen LogP contribution in [0.4, 0.5) is 18.9 Å². The first-order valence-corrected chi connectivity index (χ1v) is 8.47. The Bertz CT molecular complexity index is 840. The minimum absolute atomic E-state index is 0.195. The highest BCUT2D eigenvalue weighted by atomic mass is 19.4. The lowest BCUT2D eigenvalue weighted by molar-refractivity contribution is -0.274. The molecule has 0 unspecified atom stereocenters. The fraction of sp³-hybridized carbons (Fsp3) is 0.316. The molecule has 1 N–H and O–H groups in total. The van der Waals surface area contributed by atoms with Gasteiger partial charge in [0.05, 0.1) is 6.04 Å². The molecule has 1 aliphatic rings. The third-order valence-corrected chi connectivity index (χ3v) is 4.26. The summed E-state index contributed by atoms with van der Waals surface area (Å²) in [6, 6.07) is 10.1. The van der Waals surface area contributed by atoms with Crippen LogP contribution in [0.1, 0.15) is 12.5 Å². The van der Waals surface area contributed by atoms with E-state index in [0.29, 0.717) is 23.7 Å². The molecule has 6 nitrogen and oxygen atoms in total. The lowest BCUT2D eigenvalue weighted by Crippen LogP contribution is -2.39.